The number of nitrogens with two attached hydrogens (primary N) is 1. The third kappa shape index (κ3) is 6.94. The predicted molar refractivity (Wildman–Crippen MR) is 138 cm³/mol. The molecule has 0 unspecified atom stereocenters. The summed E-state index contributed by atoms with van der Waals surface area (Å²) in [5.41, 5.74) is 6.01. The molecule has 2 heterocycles. The fourth-order valence-electron chi connectivity index (χ4n) is 4.19. The highest BCUT2D eigenvalue weighted by Crippen LogP contribution is 2.34. The summed E-state index contributed by atoms with van der Waals surface area (Å²) < 4.78 is 7.30. The van der Waals surface area contributed by atoms with Crippen molar-refractivity contribution in [3.8, 4) is 0 Å². The second kappa shape index (κ2) is 12.3. The highest BCUT2D eigenvalue weighted by Gasteiger charge is 2.27. The molecule has 9 nitrogen and oxygen atoms in total. The summed E-state index contributed by atoms with van der Waals surface area (Å²) in [4.78, 5) is 37.4. The molecule has 0 saturated heterocycles. The van der Waals surface area contributed by atoms with Crippen LogP contribution in [0.3, 0.4) is 0 Å². The van der Waals surface area contributed by atoms with Crippen LogP contribution in [0, 0.1) is 12.8 Å². The molecule has 190 valence electrons. The number of amides is 2. The summed E-state index contributed by atoms with van der Waals surface area (Å²) in [6.07, 6.45) is 8.55. The maximum absolute atomic E-state index is 12.8. The number of ether oxygens (including phenoxy) is 1. The van der Waals surface area contributed by atoms with Gasteiger partial charge >= 0.3 is 5.97 Å². The summed E-state index contributed by atoms with van der Waals surface area (Å²) in [6.45, 7) is 9.48. The lowest BCUT2D eigenvalue weighted by molar-refractivity contribution is -0.113. The van der Waals surface area contributed by atoms with Gasteiger partial charge in [0.1, 0.15) is 10.8 Å². The van der Waals surface area contributed by atoms with Crippen molar-refractivity contribution >= 4 is 45.9 Å². The molecule has 0 spiro atoms. The number of nitrogens with zero attached hydrogens (tertiary/aromatic N) is 3. The first-order chi connectivity index (χ1) is 16.7. The number of hydrogen-bond acceptors (Lipinski definition) is 8. The molecule has 0 aliphatic heterocycles. The van der Waals surface area contributed by atoms with Gasteiger partial charge < -0.3 is 20.4 Å². The van der Waals surface area contributed by atoms with Gasteiger partial charge in [-0.2, -0.15) is 0 Å². The Morgan fingerprint density at radius 1 is 1.29 bits per heavy atom. The van der Waals surface area contributed by atoms with Crippen molar-refractivity contribution in [3.05, 3.63) is 34.5 Å². The van der Waals surface area contributed by atoms with Crippen molar-refractivity contribution in [2.24, 2.45) is 11.7 Å². The van der Waals surface area contributed by atoms with Gasteiger partial charge in [-0.3, -0.25) is 9.59 Å². The van der Waals surface area contributed by atoms with Gasteiger partial charge in [-0.15, -0.1) is 28.1 Å². The van der Waals surface area contributed by atoms with Gasteiger partial charge in [0, 0.05) is 13.0 Å². The van der Waals surface area contributed by atoms with Crippen LogP contribution in [0.25, 0.3) is 0 Å². The Hall–Kier alpha value is -2.66. The van der Waals surface area contributed by atoms with Crippen molar-refractivity contribution < 1.29 is 19.1 Å². The SMILES string of the molecule is C=CCn1c(CC2CCCCC2)nnc1SCC(=O)Nc1sc(C(N)=O)c(C)c1C(=O)OC(C)C. The minimum absolute atomic E-state index is 0.0558. The van der Waals surface area contributed by atoms with E-state index < -0.39 is 11.9 Å². The van der Waals surface area contributed by atoms with E-state index in [2.05, 4.69) is 22.1 Å². The number of thioether (sulfide) groups is 1. The second-order valence-electron chi connectivity index (χ2n) is 8.92. The Kier molecular flexibility index (Phi) is 9.50. The van der Waals surface area contributed by atoms with E-state index in [-0.39, 0.29) is 33.2 Å². The van der Waals surface area contributed by atoms with Gasteiger partial charge in [-0.25, -0.2) is 4.79 Å². The molecule has 3 rings (SSSR count). The second-order valence-corrected chi connectivity index (χ2v) is 10.9. The Bertz CT molecular complexity index is 1090. The molecule has 0 bridgehead atoms. The highest BCUT2D eigenvalue weighted by atomic mass is 32.2. The number of esters is 1. The monoisotopic (exact) mass is 519 g/mol. The van der Waals surface area contributed by atoms with Crippen LogP contribution in [-0.2, 0) is 22.5 Å². The molecule has 0 atom stereocenters. The highest BCUT2D eigenvalue weighted by molar-refractivity contribution is 7.99. The maximum Gasteiger partial charge on any atom is 0.341 e. The standard InChI is InChI=1S/C24H33N5O4S2/c1-5-11-29-17(12-16-9-7-6-8-10-16)27-28-24(29)34-13-18(30)26-22-19(23(32)33-14(2)3)15(4)20(35-22)21(25)31/h5,14,16H,1,6-13H2,2-4H3,(H2,25,31)(H,26,30). The summed E-state index contributed by atoms with van der Waals surface area (Å²) in [5, 5.41) is 12.3. The van der Waals surface area contributed by atoms with E-state index in [9.17, 15) is 14.4 Å². The fourth-order valence-corrected chi connectivity index (χ4v) is 6.02. The molecule has 2 aromatic heterocycles. The van der Waals surface area contributed by atoms with Crippen molar-refractivity contribution in [2.45, 2.75) is 77.1 Å². The number of rotatable bonds is 11. The van der Waals surface area contributed by atoms with Crippen LogP contribution in [0.5, 0.6) is 0 Å². The lowest BCUT2D eigenvalue weighted by Crippen LogP contribution is -2.18. The van der Waals surface area contributed by atoms with E-state index in [4.69, 9.17) is 10.5 Å². The molecule has 2 amide bonds. The van der Waals surface area contributed by atoms with Crippen molar-refractivity contribution in [3.63, 3.8) is 0 Å². The first-order valence-electron chi connectivity index (χ1n) is 11.8. The molecular weight excluding hydrogens is 486 g/mol. The van der Waals surface area contributed by atoms with Gasteiger partial charge in [0.2, 0.25) is 5.91 Å². The van der Waals surface area contributed by atoms with E-state index in [1.807, 2.05) is 4.57 Å². The van der Waals surface area contributed by atoms with Gasteiger partial charge in [-0.1, -0.05) is 49.9 Å². The zero-order valence-corrected chi connectivity index (χ0v) is 22.1. The number of hydrogen-bond donors (Lipinski definition) is 2. The number of anilines is 1. The van der Waals surface area contributed by atoms with Crippen LogP contribution in [0.2, 0.25) is 0 Å². The number of thiophene rings is 1. The lowest BCUT2D eigenvalue weighted by Gasteiger charge is -2.21. The molecule has 3 N–H and O–H groups in total. The van der Waals surface area contributed by atoms with E-state index in [1.54, 1.807) is 26.8 Å². The number of allylic oxidation sites excluding steroid dienone is 1. The van der Waals surface area contributed by atoms with E-state index in [0.29, 0.717) is 23.2 Å². The van der Waals surface area contributed by atoms with Gasteiger partial charge in [-0.05, 0) is 32.3 Å². The third-order valence-electron chi connectivity index (χ3n) is 5.80. The lowest BCUT2D eigenvalue weighted by atomic mass is 9.87. The molecule has 1 fully saturated rings. The quantitative estimate of drug-likeness (QED) is 0.256. The van der Waals surface area contributed by atoms with Crippen LogP contribution >= 0.6 is 23.1 Å². The molecule has 11 heteroatoms. The summed E-state index contributed by atoms with van der Waals surface area (Å²) in [7, 11) is 0. The first kappa shape index (κ1) is 26.9. The zero-order chi connectivity index (χ0) is 25.5. The van der Waals surface area contributed by atoms with E-state index in [1.165, 1.54) is 43.9 Å². The first-order valence-corrected chi connectivity index (χ1v) is 13.6. The number of carbonyl (C=O) groups is 3. The number of carbonyl (C=O) groups excluding carboxylic acids is 3. The summed E-state index contributed by atoms with van der Waals surface area (Å²) in [5.74, 6) is -0.0269. The Morgan fingerprint density at radius 3 is 2.63 bits per heavy atom. The fraction of sp³-hybridized carbons (Fsp3) is 0.542. The predicted octanol–water partition coefficient (Wildman–Crippen LogP) is 4.35. The number of primary amides is 1. The Morgan fingerprint density at radius 2 is 2.00 bits per heavy atom. The third-order valence-corrected chi connectivity index (χ3v) is 7.99. The van der Waals surface area contributed by atoms with Crippen LogP contribution in [-0.4, -0.2) is 44.4 Å². The van der Waals surface area contributed by atoms with Gasteiger partial charge in [0.25, 0.3) is 5.91 Å². The van der Waals surface area contributed by atoms with Crippen LogP contribution in [0.1, 0.15) is 77.4 Å². The molecule has 0 aromatic carbocycles. The average Bonchev–Trinajstić information content (AvgIpc) is 3.33. The summed E-state index contributed by atoms with van der Waals surface area (Å²) >= 11 is 2.24. The molecule has 1 saturated carbocycles. The zero-order valence-electron chi connectivity index (χ0n) is 20.5. The normalized spacial score (nSPS) is 14.2. The molecular formula is C24H33N5O4S2. The van der Waals surface area contributed by atoms with Gasteiger partial charge in [0.05, 0.1) is 22.3 Å². The van der Waals surface area contributed by atoms with Crippen molar-refractivity contribution in [1.29, 1.82) is 0 Å². The molecule has 1 aliphatic carbocycles. The number of nitrogens with one attached hydrogen (secondary N) is 1. The largest absolute Gasteiger partial charge is 0.459 e. The summed E-state index contributed by atoms with van der Waals surface area (Å²) in [6, 6.07) is 0. The molecule has 0 radical (unpaired) electrons. The van der Waals surface area contributed by atoms with Gasteiger partial charge in [0.15, 0.2) is 5.16 Å². The van der Waals surface area contributed by atoms with Crippen molar-refractivity contribution in [2.75, 3.05) is 11.1 Å². The van der Waals surface area contributed by atoms with Crippen LogP contribution in [0.4, 0.5) is 5.00 Å². The molecule has 35 heavy (non-hydrogen) atoms. The van der Waals surface area contributed by atoms with E-state index >= 15 is 0 Å². The van der Waals surface area contributed by atoms with Crippen LogP contribution in [0.15, 0.2) is 17.8 Å². The molecule has 1 aliphatic rings. The number of aromatic nitrogens is 3. The minimum atomic E-state index is -0.663. The molecule has 2 aromatic rings. The topological polar surface area (TPSA) is 129 Å². The smallest absolute Gasteiger partial charge is 0.341 e. The van der Waals surface area contributed by atoms with Crippen LogP contribution < -0.4 is 11.1 Å². The van der Waals surface area contributed by atoms with Crippen molar-refractivity contribution in [1.82, 2.24) is 14.8 Å². The Labute approximate surface area is 213 Å². The van der Waals surface area contributed by atoms with E-state index in [0.717, 1.165) is 23.6 Å². The Balaban J connectivity index is 1.71. The maximum atomic E-state index is 12.8. The minimum Gasteiger partial charge on any atom is -0.459 e. The average molecular weight is 520 g/mol.